The Morgan fingerprint density at radius 2 is 2.05 bits per heavy atom. The van der Waals surface area contributed by atoms with E-state index >= 15 is 0 Å². The van der Waals surface area contributed by atoms with Gasteiger partial charge in [0.25, 0.3) is 0 Å². The fraction of sp³-hybridized carbons (Fsp3) is 0.667. The Labute approximate surface area is 120 Å². The molecule has 3 rings (SSSR count). The average molecular weight is 280 g/mol. The second-order valence-corrected chi connectivity index (χ2v) is 6.21. The van der Waals surface area contributed by atoms with E-state index < -0.39 is 0 Å². The van der Waals surface area contributed by atoms with Crippen LogP contribution in [0.2, 0.25) is 5.02 Å². The molecule has 2 aliphatic rings. The minimum Gasteiger partial charge on any atom is -0.352 e. The lowest BCUT2D eigenvalue weighted by molar-refractivity contribution is 0.429. The van der Waals surface area contributed by atoms with Gasteiger partial charge < -0.3 is 10.6 Å². The summed E-state index contributed by atoms with van der Waals surface area (Å²) in [6, 6.07) is 2.62. The summed E-state index contributed by atoms with van der Waals surface area (Å²) < 4.78 is 0. The summed E-state index contributed by atoms with van der Waals surface area (Å²) in [5.74, 6) is 1.81. The molecule has 1 unspecified atom stereocenters. The Morgan fingerprint density at radius 3 is 2.74 bits per heavy atom. The third kappa shape index (κ3) is 2.59. The van der Waals surface area contributed by atoms with Crippen molar-refractivity contribution in [2.45, 2.75) is 51.1 Å². The number of hydrogen-bond donors (Lipinski definition) is 1. The Balaban J connectivity index is 1.83. The Kier molecular flexibility index (Phi) is 3.94. The third-order valence-electron chi connectivity index (χ3n) is 4.63. The van der Waals surface area contributed by atoms with Crippen molar-refractivity contribution < 1.29 is 0 Å². The quantitative estimate of drug-likeness (QED) is 0.923. The minimum absolute atomic E-state index is 0.499. The molecular formula is C15H22ClN3. The molecule has 0 aromatic carbocycles. The van der Waals surface area contributed by atoms with Gasteiger partial charge >= 0.3 is 0 Å². The lowest BCUT2D eigenvalue weighted by Crippen LogP contribution is -2.35. The normalized spacial score (nSPS) is 24.3. The zero-order valence-electron chi connectivity index (χ0n) is 11.3. The van der Waals surface area contributed by atoms with Crippen LogP contribution in [0.4, 0.5) is 5.82 Å². The van der Waals surface area contributed by atoms with Gasteiger partial charge in [0.2, 0.25) is 0 Å². The first kappa shape index (κ1) is 13.2. The van der Waals surface area contributed by atoms with Crippen LogP contribution in [-0.4, -0.2) is 17.6 Å². The zero-order chi connectivity index (χ0) is 13.2. The fourth-order valence-electron chi connectivity index (χ4n) is 3.68. The van der Waals surface area contributed by atoms with Crippen molar-refractivity contribution in [2.75, 3.05) is 11.4 Å². The first-order chi connectivity index (χ1) is 9.29. The molecule has 0 amide bonds. The van der Waals surface area contributed by atoms with E-state index in [2.05, 4.69) is 9.88 Å². The van der Waals surface area contributed by atoms with E-state index in [4.69, 9.17) is 17.3 Å². The molecule has 3 nitrogen and oxygen atoms in total. The van der Waals surface area contributed by atoms with E-state index in [0.29, 0.717) is 12.6 Å². The molecule has 1 saturated heterocycles. The number of nitrogens with two attached hydrogens (primary N) is 1. The van der Waals surface area contributed by atoms with Gasteiger partial charge in [-0.2, -0.15) is 0 Å². The van der Waals surface area contributed by atoms with Crippen molar-refractivity contribution in [2.24, 2.45) is 11.7 Å². The first-order valence-corrected chi connectivity index (χ1v) is 7.78. The van der Waals surface area contributed by atoms with Crippen LogP contribution in [-0.2, 0) is 6.54 Å². The molecule has 0 spiro atoms. The van der Waals surface area contributed by atoms with Crippen molar-refractivity contribution in [3.63, 3.8) is 0 Å². The van der Waals surface area contributed by atoms with Gasteiger partial charge in [-0.25, -0.2) is 4.98 Å². The van der Waals surface area contributed by atoms with Crippen LogP contribution in [0.15, 0.2) is 12.3 Å². The van der Waals surface area contributed by atoms with Crippen LogP contribution in [0, 0.1) is 5.92 Å². The van der Waals surface area contributed by atoms with Gasteiger partial charge in [0, 0.05) is 25.3 Å². The molecule has 1 aromatic rings. The molecule has 0 bridgehead atoms. The van der Waals surface area contributed by atoms with Gasteiger partial charge in [0.15, 0.2) is 0 Å². The first-order valence-electron chi connectivity index (χ1n) is 7.40. The standard InChI is InChI=1S/C15H22ClN3/c16-13-8-11(9-17)10-18-15(13)19-7-3-6-14(19)12-4-1-2-5-12/h8,10,12,14H,1-7,9,17H2. The maximum Gasteiger partial charge on any atom is 0.147 e. The molecule has 1 aliphatic carbocycles. The molecule has 4 heteroatoms. The van der Waals surface area contributed by atoms with Crippen molar-refractivity contribution >= 4 is 17.4 Å². The van der Waals surface area contributed by atoms with E-state index in [-0.39, 0.29) is 0 Å². The SMILES string of the molecule is NCc1cnc(N2CCCC2C2CCCC2)c(Cl)c1. The maximum absolute atomic E-state index is 6.40. The zero-order valence-corrected chi connectivity index (χ0v) is 12.1. The van der Waals surface area contributed by atoms with Gasteiger partial charge in [0.1, 0.15) is 5.82 Å². The van der Waals surface area contributed by atoms with Crippen LogP contribution < -0.4 is 10.6 Å². The highest BCUT2D eigenvalue weighted by molar-refractivity contribution is 6.33. The van der Waals surface area contributed by atoms with E-state index in [0.717, 1.165) is 28.9 Å². The Hall–Kier alpha value is -0.800. The number of pyridine rings is 1. The van der Waals surface area contributed by atoms with Crippen molar-refractivity contribution in [1.29, 1.82) is 0 Å². The summed E-state index contributed by atoms with van der Waals surface area (Å²) in [4.78, 5) is 7.01. The topological polar surface area (TPSA) is 42.1 Å². The summed E-state index contributed by atoms with van der Waals surface area (Å²) in [5, 5.41) is 0.757. The second kappa shape index (κ2) is 5.68. The number of aromatic nitrogens is 1. The lowest BCUT2D eigenvalue weighted by atomic mass is 9.96. The number of anilines is 1. The highest BCUT2D eigenvalue weighted by atomic mass is 35.5. The Morgan fingerprint density at radius 1 is 1.26 bits per heavy atom. The fourth-order valence-corrected chi connectivity index (χ4v) is 3.98. The van der Waals surface area contributed by atoms with E-state index in [1.54, 1.807) is 0 Å². The molecule has 2 fully saturated rings. The third-order valence-corrected chi connectivity index (χ3v) is 4.91. The smallest absolute Gasteiger partial charge is 0.147 e. The molecule has 0 radical (unpaired) electrons. The number of nitrogens with zero attached hydrogens (tertiary/aromatic N) is 2. The van der Waals surface area contributed by atoms with Gasteiger partial charge in [-0.15, -0.1) is 0 Å². The van der Waals surface area contributed by atoms with Gasteiger partial charge in [-0.05, 0) is 43.2 Å². The monoisotopic (exact) mass is 279 g/mol. The van der Waals surface area contributed by atoms with Crippen LogP contribution in [0.3, 0.4) is 0 Å². The minimum atomic E-state index is 0.499. The maximum atomic E-state index is 6.40. The van der Waals surface area contributed by atoms with Gasteiger partial charge in [-0.3, -0.25) is 0 Å². The summed E-state index contributed by atoms with van der Waals surface area (Å²) in [6.45, 7) is 1.59. The van der Waals surface area contributed by atoms with Gasteiger partial charge in [-0.1, -0.05) is 24.4 Å². The number of rotatable bonds is 3. The molecule has 2 N–H and O–H groups in total. The Bertz CT molecular complexity index is 443. The van der Waals surface area contributed by atoms with Crippen LogP contribution in [0.5, 0.6) is 0 Å². The highest BCUT2D eigenvalue weighted by Crippen LogP contribution is 2.39. The van der Waals surface area contributed by atoms with Gasteiger partial charge in [0.05, 0.1) is 5.02 Å². The van der Waals surface area contributed by atoms with Crippen LogP contribution >= 0.6 is 11.6 Å². The van der Waals surface area contributed by atoms with Crippen molar-refractivity contribution in [3.8, 4) is 0 Å². The average Bonchev–Trinajstić information content (AvgIpc) is 3.08. The lowest BCUT2D eigenvalue weighted by Gasteiger charge is -2.31. The van der Waals surface area contributed by atoms with Crippen LogP contribution in [0.25, 0.3) is 0 Å². The summed E-state index contributed by atoms with van der Waals surface area (Å²) in [5.41, 5.74) is 6.64. The molecule has 104 valence electrons. The largest absolute Gasteiger partial charge is 0.352 e. The number of hydrogen-bond acceptors (Lipinski definition) is 3. The molecular weight excluding hydrogens is 258 g/mol. The van der Waals surface area contributed by atoms with E-state index in [9.17, 15) is 0 Å². The molecule has 2 heterocycles. The van der Waals surface area contributed by atoms with Crippen LogP contribution in [0.1, 0.15) is 44.1 Å². The van der Waals surface area contributed by atoms with E-state index in [1.165, 1.54) is 38.5 Å². The number of halogens is 1. The van der Waals surface area contributed by atoms with E-state index in [1.807, 2.05) is 12.3 Å². The predicted molar refractivity (Wildman–Crippen MR) is 79.5 cm³/mol. The molecule has 1 atom stereocenters. The second-order valence-electron chi connectivity index (χ2n) is 5.80. The molecule has 1 saturated carbocycles. The van der Waals surface area contributed by atoms with Crippen molar-refractivity contribution in [3.05, 3.63) is 22.8 Å². The molecule has 1 aromatic heterocycles. The molecule has 19 heavy (non-hydrogen) atoms. The molecule has 1 aliphatic heterocycles. The summed E-state index contributed by atoms with van der Waals surface area (Å²) >= 11 is 6.40. The summed E-state index contributed by atoms with van der Waals surface area (Å²) in [7, 11) is 0. The summed E-state index contributed by atoms with van der Waals surface area (Å²) in [6.07, 6.45) is 9.95. The van der Waals surface area contributed by atoms with Crippen molar-refractivity contribution in [1.82, 2.24) is 4.98 Å². The highest BCUT2D eigenvalue weighted by Gasteiger charge is 2.34. The predicted octanol–water partition coefficient (Wildman–Crippen LogP) is 3.35.